The highest BCUT2D eigenvalue weighted by Gasteiger charge is 2.50. The molecule has 0 spiro atoms. The normalized spacial score (nSPS) is 18.7. The summed E-state index contributed by atoms with van der Waals surface area (Å²) in [6, 6.07) is 27.0. The molecular weight excluding hydrogens is 782 g/mol. The molecule has 60 heavy (non-hydrogen) atoms. The van der Waals surface area contributed by atoms with Crippen LogP contribution in [0.15, 0.2) is 113 Å². The van der Waals surface area contributed by atoms with Crippen LogP contribution in [0.4, 0.5) is 0 Å². The van der Waals surface area contributed by atoms with Crippen LogP contribution in [0.1, 0.15) is 76.3 Å². The zero-order chi connectivity index (χ0) is 43.1. The van der Waals surface area contributed by atoms with Crippen LogP contribution < -0.4 is 26.5 Å². The van der Waals surface area contributed by atoms with Crippen molar-refractivity contribution in [3.05, 3.63) is 152 Å². The zero-order valence-electron chi connectivity index (χ0n) is 35.6. The quantitative estimate of drug-likeness (QED) is 0.0250. The maximum absolute atomic E-state index is 13.5. The van der Waals surface area contributed by atoms with Gasteiger partial charge in [-0.15, -0.1) is 0 Å². The molecule has 0 saturated carbocycles. The molecule has 0 aliphatic carbocycles. The third-order valence-electron chi connectivity index (χ3n) is 10.5. The molecule has 0 radical (unpaired) electrons. The SMILES string of the molecule is [C-]#[N+]CCOP(O[C@@H]1C(C/C=C/CCCCN)[C@H](n2ccc(=O)[nH]c2=O)O[C@@H]1COC(c1ccccc1)(c1ccc(OC)cc1)c1ccc(OC)cc1)N(C(C)C)C(C)C. The van der Waals surface area contributed by atoms with Crippen molar-refractivity contribution in [1.82, 2.24) is 14.2 Å². The summed E-state index contributed by atoms with van der Waals surface area (Å²) in [5.74, 6) is 0.960. The van der Waals surface area contributed by atoms with E-state index in [2.05, 4.69) is 54.3 Å². The van der Waals surface area contributed by atoms with E-state index in [1.165, 1.54) is 16.8 Å². The highest BCUT2D eigenvalue weighted by Crippen LogP contribution is 2.52. The Balaban J connectivity index is 1.67. The molecule has 5 atom stereocenters. The summed E-state index contributed by atoms with van der Waals surface area (Å²) in [5, 5.41) is 0. The van der Waals surface area contributed by atoms with Crippen molar-refractivity contribution in [1.29, 1.82) is 0 Å². The molecule has 322 valence electrons. The van der Waals surface area contributed by atoms with Crippen LogP contribution >= 0.6 is 8.53 Å². The van der Waals surface area contributed by atoms with E-state index < -0.39 is 49.7 Å². The Morgan fingerprint density at radius 1 is 0.900 bits per heavy atom. The van der Waals surface area contributed by atoms with Crippen LogP contribution in [-0.4, -0.2) is 79.0 Å². The summed E-state index contributed by atoms with van der Waals surface area (Å²) in [4.78, 5) is 31.8. The molecule has 14 heteroatoms. The Morgan fingerprint density at radius 2 is 1.52 bits per heavy atom. The number of methoxy groups -OCH3 is 2. The molecule has 13 nitrogen and oxygen atoms in total. The molecule has 5 rings (SSSR count). The summed E-state index contributed by atoms with van der Waals surface area (Å²) in [7, 11) is 1.52. The molecule has 0 amide bonds. The lowest BCUT2D eigenvalue weighted by Gasteiger charge is -2.39. The summed E-state index contributed by atoms with van der Waals surface area (Å²) >= 11 is 0. The fourth-order valence-corrected chi connectivity index (χ4v) is 9.47. The number of H-pyrrole nitrogens is 1. The van der Waals surface area contributed by atoms with Gasteiger partial charge in [-0.05, 0) is 101 Å². The number of aromatic nitrogens is 2. The Morgan fingerprint density at radius 3 is 2.07 bits per heavy atom. The molecule has 1 saturated heterocycles. The van der Waals surface area contributed by atoms with Gasteiger partial charge in [0.2, 0.25) is 6.54 Å². The minimum absolute atomic E-state index is 0.0114. The number of nitrogens with zero attached hydrogens (tertiary/aromatic N) is 3. The third kappa shape index (κ3) is 11.4. The van der Waals surface area contributed by atoms with E-state index in [0.29, 0.717) is 24.5 Å². The molecular formula is C46H60N5O8P. The van der Waals surface area contributed by atoms with Gasteiger partial charge in [-0.2, -0.15) is 0 Å². The molecule has 3 aromatic carbocycles. The van der Waals surface area contributed by atoms with Gasteiger partial charge in [-0.3, -0.25) is 14.3 Å². The molecule has 1 aromatic heterocycles. The monoisotopic (exact) mass is 841 g/mol. The average molecular weight is 842 g/mol. The number of hydrogen-bond donors (Lipinski definition) is 2. The number of rotatable bonds is 23. The lowest BCUT2D eigenvalue weighted by molar-refractivity contribution is -0.0932. The van der Waals surface area contributed by atoms with Gasteiger partial charge in [0.15, 0.2) is 0 Å². The number of nitrogens with one attached hydrogen (secondary N) is 1. The zero-order valence-corrected chi connectivity index (χ0v) is 36.5. The summed E-state index contributed by atoms with van der Waals surface area (Å²) in [6.07, 6.45) is 6.60. The molecule has 1 aliphatic rings. The van der Waals surface area contributed by atoms with Crippen molar-refractivity contribution in [3.8, 4) is 11.5 Å². The van der Waals surface area contributed by atoms with E-state index in [0.717, 1.165) is 36.0 Å². The van der Waals surface area contributed by atoms with Crippen LogP contribution in [0, 0.1) is 12.5 Å². The van der Waals surface area contributed by atoms with Gasteiger partial charge in [-0.25, -0.2) is 16.0 Å². The van der Waals surface area contributed by atoms with Crippen LogP contribution in [0.2, 0.25) is 0 Å². The topological polar surface area (TPSA) is 144 Å². The smallest absolute Gasteiger partial charge is 0.330 e. The predicted octanol–water partition coefficient (Wildman–Crippen LogP) is 7.82. The van der Waals surface area contributed by atoms with Crippen molar-refractivity contribution in [2.75, 3.05) is 40.5 Å². The number of aromatic amines is 1. The van der Waals surface area contributed by atoms with Crippen LogP contribution in [-0.2, 0) is 24.1 Å². The van der Waals surface area contributed by atoms with Gasteiger partial charge in [0.05, 0.1) is 20.8 Å². The first-order chi connectivity index (χ1) is 29.1. The molecule has 2 heterocycles. The first-order valence-electron chi connectivity index (χ1n) is 20.6. The first kappa shape index (κ1) is 46.4. The largest absolute Gasteiger partial charge is 0.497 e. The first-order valence-corrected chi connectivity index (χ1v) is 21.7. The van der Waals surface area contributed by atoms with Crippen LogP contribution in [0.25, 0.3) is 4.85 Å². The molecule has 3 N–H and O–H groups in total. The Kier molecular flexibility index (Phi) is 17.7. The minimum atomic E-state index is -1.74. The van der Waals surface area contributed by atoms with E-state index in [-0.39, 0.29) is 31.8 Å². The van der Waals surface area contributed by atoms with Gasteiger partial charge in [0.1, 0.15) is 42.1 Å². The van der Waals surface area contributed by atoms with Gasteiger partial charge in [0, 0.05) is 30.3 Å². The number of unbranched alkanes of at least 4 members (excludes halogenated alkanes) is 2. The van der Waals surface area contributed by atoms with Gasteiger partial charge < -0.3 is 38.6 Å². The molecule has 1 aliphatic heterocycles. The Bertz CT molecular complexity index is 2030. The summed E-state index contributed by atoms with van der Waals surface area (Å²) in [6.45, 7) is 16.8. The summed E-state index contributed by atoms with van der Waals surface area (Å²) < 4.78 is 42.8. The van der Waals surface area contributed by atoms with Crippen molar-refractivity contribution in [2.45, 2.75) is 89.5 Å². The minimum Gasteiger partial charge on any atom is -0.497 e. The number of nitrogens with two attached hydrogens (primary N) is 1. The van der Waals surface area contributed by atoms with E-state index in [1.54, 1.807) is 14.2 Å². The second-order valence-electron chi connectivity index (χ2n) is 15.1. The fraction of sp³-hybridized carbons (Fsp3) is 0.457. The van der Waals surface area contributed by atoms with Crippen LogP contribution in [0.3, 0.4) is 0 Å². The van der Waals surface area contributed by atoms with E-state index >= 15 is 0 Å². The van der Waals surface area contributed by atoms with E-state index in [4.69, 9.17) is 40.3 Å². The lowest BCUT2D eigenvalue weighted by Crippen LogP contribution is -2.41. The maximum atomic E-state index is 13.5. The van der Waals surface area contributed by atoms with E-state index in [1.807, 2.05) is 78.9 Å². The fourth-order valence-electron chi connectivity index (χ4n) is 7.68. The van der Waals surface area contributed by atoms with Crippen molar-refractivity contribution < 1.29 is 28.0 Å². The Labute approximate surface area is 355 Å². The van der Waals surface area contributed by atoms with Gasteiger partial charge in [-0.1, -0.05) is 66.7 Å². The standard InChI is InChI=1S/C46H60N5O8P/c1-33(2)51(34(3)4)60(57-31-29-48-5)59-43-40(18-14-9-8-10-15-28-47)44(50-30-27-42(52)49-45(50)53)58-41(43)32-56-46(35-16-12-11-13-17-35,36-19-23-38(54-6)24-20-36)37-21-25-39(55-7)26-22-37/h9,11-14,16-17,19-27,30,33-34,40-41,43-44H,8,10,15,18,28-29,31-32,47H2,1-4,6-7H3,(H,49,52,53)/b14-9+/t40?,41-,43-,44-,60?/m1/s1. The van der Waals surface area contributed by atoms with Crippen molar-refractivity contribution >= 4 is 8.53 Å². The number of allylic oxidation sites excluding steroid dienone is 2. The van der Waals surface area contributed by atoms with E-state index in [9.17, 15) is 9.59 Å². The predicted molar refractivity (Wildman–Crippen MR) is 235 cm³/mol. The van der Waals surface area contributed by atoms with Crippen molar-refractivity contribution in [2.24, 2.45) is 11.7 Å². The Hall–Kier alpha value is -4.64. The number of ether oxygens (including phenoxy) is 4. The molecule has 4 aromatic rings. The van der Waals surface area contributed by atoms with Crippen LogP contribution in [0.5, 0.6) is 11.5 Å². The summed E-state index contributed by atoms with van der Waals surface area (Å²) in [5.41, 5.74) is 6.05. The number of benzene rings is 3. The highest BCUT2D eigenvalue weighted by molar-refractivity contribution is 7.44. The molecule has 1 fully saturated rings. The lowest BCUT2D eigenvalue weighted by atomic mass is 9.80. The van der Waals surface area contributed by atoms with Gasteiger partial charge in [0.25, 0.3) is 14.1 Å². The third-order valence-corrected chi connectivity index (χ3v) is 12.6. The van der Waals surface area contributed by atoms with Crippen molar-refractivity contribution in [3.63, 3.8) is 0 Å². The van der Waals surface area contributed by atoms with Gasteiger partial charge >= 0.3 is 5.69 Å². The molecule has 0 bridgehead atoms. The average Bonchev–Trinajstić information content (AvgIpc) is 3.58. The maximum Gasteiger partial charge on any atom is 0.330 e. The number of hydrogen-bond acceptors (Lipinski definition) is 10. The molecule has 2 unspecified atom stereocenters. The second kappa shape index (κ2) is 22.8. The second-order valence-corrected chi connectivity index (χ2v) is 16.6. The highest BCUT2D eigenvalue weighted by atomic mass is 31.2.